The molecule has 0 unspecified atom stereocenters. The maximum Gasteiger partial charge on any atom is 0.250 e. The number of furan rings is 1. The van der Waals surface area contributed by atoms with Crippen LogP contribution in [0.15, 0.2) is 76.4 Å². The van der Waals surface area contributed by atoms with Crippen LogP contribution in [0.3, 0.4) is 0 Å². The van der Waals surface area contributed by atoms with Gasteiger partial charge in [-0.3, -0.25) is 4.79 Å². The summed E-state index contributed by atoms with van der Waals surface area (Å²) in [6, 6.07) is 18.4. The van der Waals surface area contributed by atoms with E-state index in [1.807, 2.05) is 67.6 Å². The van der Waals surface area contributed by atoms with E-state index in [-0.39, 0.29) is 11.9 Å². The molecule has 2 aromatic heterocycles. The molecule has 0 spiro atoms. The zero-order valence-corrected chi connectivity index (χ0v) is 20.1. The molecule has 0 saturated heterocycles. The number of hydrazone groups is 1. The van der Waals surface area contributed by atoms with Gasteiger partial charge in [0.25, 0.3) is 0 Å². The molecule has 184 valence electrons. The van der Waals surface area contributed by atoms with Crippen molar-refractivity contribution >= 4 is 40.8 Å². The van der Waals surface area contributed by atoms with Crippen LogP contribution in [-0.4, -0.2) is 33.7 Å². The van der Waals surface area contributed by atoms with Crippen molar-refractivity contribution < 1.29 is 13.9 Å². The Bertz CT molecular complexity index is 1320. The molecular formula is C25H26N8O3. The molecule has 11 heteroatoms. The zero-order chi connectivity index (χ0) is 25.3. The van der Waals surface area contributed by atoms with Crippen molar-refractivity contribution in [2.45, 2.75) is 20.4 Å². The molecule has 0 radical (unpaired) electrons. The number of nitrogens with zero attached hydrogens (tertiary/aromatic N) is 4. The van der Waals surface area contributed by atoms with Gasteiger partial charge in [0.2, 0.25) is 23.8 Å². The second-order valence-electron chi connectivity index (χ2n) is 7.66. The summed E-state index contributed by atoms with van der Waals surface area (Å²) in [6.07, 6.45) is 1.61. The van der Waals surface area contributed by atoms with E-state index in [0.717, 1.165) is 22.8 Å². The lowest BCUT2D eigenvalue weighted by molar-refractivity contribution is -0.114. The summed E-state index contributed by atoms with van der Waals surface area (Å²) in [5.41, 5.74) is 5.98. The Hall–Kier alpha value is -4.93. The second-order valence-corrected chi connectivity index (χ2v) is 7.66. The molecule has 2 heterocycles. The molecule has 36 heavy (non-hydrogen) atoms. The highest BCUT2D eigenvalue weighted by molar-refractivity contribution is 5.99. The molecule has 0 aliphatic heterocycles. The van der Waals surface area contributed by atoms with Crippen molar-refractivity contribution in [2.75, 3.05) is 28.5 Å². The zero-order valence-electron chi connectivity index (χ0n) is 20.1. The predicted octanol–water partition coefficient (Wildman–Crippen LogP) is 4.62. The summed E-state index contributed by atoms with van der Waals surface area (Å²) in [5, 5.41) is 13.5. The summed E-state index contributed by atoms with van der Waals surface area (Å²) in [5.74, 6) is 2.28. The lowest BCUT2D eigenvalue weighted by atomic mass is 10.1. The molecule has 0 fully saturated rings. The third-order valence-corrected chi connectivity index (χ3v) is 4.93. The van der Waals surface area contributed by atoms with Gasteiger partial charge in [-0.15, -0.1) is 0 Å². The van der Waals surface area contributed by atoms with E-state index in [1.165, 1.54) is 6.92 Å². The van der Waals surface area contributed by atoms with Crippen LogP contribution in [0.5, 0.6) is 5.75 Å². The average Bonchev–Trinajstić information content (AvgIpc) is 3.40. The second kappa shape index (κ2) is 11.5. The van der Waals surface area contributed by atoms with Crippen LogP contribution in [0, 0.1) is 0 Å². The van der Waals surface area contributed by atoms with Gasteiger partial charge in [-0.1, -0.05) is 12.1 Å². The van der Waals surface area contributed by atoms with Gasteiger partial charge in [-0.25, -0.2) is 5.43 Å². The van der Waals surface area contributed by atoms with E-state index in [9.17, 15) is 4.79 Å². The number of carbonyl (C=O) groups excluding carboxylic acids is 1. The topological polar surface area (TPSA) is 139 Å². The van der Waals surface area contributed by atoms with Gasteiger partial charge in [0.1, 0.15) is 11.5 Å². The summed E-state index contributed by atoms with van der Waals surface area (Å²) < 4.78 is 10.6. The number of hydrogen-bond donors (Lipinski definition) is 4. The Labute approximate surface area is 208 Å². The van der Waals surface area contributed by atoms with Gasteiger partial charge in [0.05, 0.1) is 25.6 Å². The van der Waals surface area contributed by atoms with Gasteiger partial charge in [-0.2, -0.15) is 20.1 Å². The lowest BCUT2D eigenvalue weighted by Crippen LogP contribution is -2.10. The number of aromatic nitrogens is 3. The SMILES string of the molecule is COc1ccc(Nc2nc(NCc3ccco3)nc(N/N=C(/C)c3ccc(NC(C)=O)cc3)n2)cc1. The van der Waals surface area contributed by atoms with E-state index in [0.29, 0.717) is 29.8 Å². The van der Waals surface area contributed by atoms with Crippen molar-refractivity contribution in [1.29, 1.82) is 0 Å². The number of carbonyl (C=O) groups is 1. The molecule has 0 bridgehead atoms. The molecule has 0 aliphatic rings. The highest BCUT2D eigenvalue weighted by atomic mass is 16.5. The fourth-order valence-electron chi connectivity index (χ4n) is 3.14. The number of methoxy groups -OCH3 is 1. The predicted molar refractivity (Wildman–Crippen MR) is 139 cm³/mol. The van der Waals surface area contributed by atoms with Crippen LogP contribution in [0.1, 0.15) is 25.2 Å². The number of ether oxygens (including phenoxy) is 1. The molecule has 4 N–H and O–H groups in total. The summed E-state index contributed by atoms with van der Waals surface area (Å²) in [7, 11) is 1.61. The van der Waals surface area contributed by atoms with E-state index in [2.05, 4.69) is 41.4 Å². The van der Waals surface area contributed by atoms with Gasteiger partial charge in [-0.05, 0) is 61.0 Å². The van der Waals surface area contributed by atoms with Crippen LogP contribution in [0.4, 0.5) is 29.2 Å². The van der Waals surface area contributed by atoms with Crippen LogP contribution in [-0.2, 0) is 11.3 Å². The molecule has 0 atom stereocenters. The average molecular weight is 487 g/mol. The maximum absolute atomic E-state index is 11.2. The molecule has 1 amide bonds. The lowest BCUT2D eigenvalue weighted by Gasteiger charge is -2.10. The molecule has 11 nitrogen and oxygen atoms in total. The largest absolute Gasteiger partial charge is 0.497 e. The fraction of sp³-hybridized carbons (Fsp3) is 0.160. The fourth-order valence-corrected chi connectivity index (χ4v) is 3.14. The summed E-state index contributed by atoms with van der Waals surface area (Å²) in [6.45, 7) is 3.73. The Balaban J connectivity index is 1.52. The van der Waals surface area contributed by atoms with Crippen molar-refractivity contribution in [3.8, 4) is 5.75 Å². The minimum Gasteiger partial charge on any atom is -0.497 e. The smallest absolute Gasteiger partial charge is 0.250 e. The first-order valence-corrected chi connectivity index (χ1v) is 11.1. The highest BCUT2D eigenvalue weighted by Gasteiger charge is 2.09. The van der Waals surface area contributed by atoms with Crippen LogP contribution < -0.4 is 26.1 Å². The van der Waals surface area contributed by atoms with E-state index >= 15 is 0 Å². The number of nitrogens with one attached hydrogen (secondary N) is 4. The van der Waals surface area contributed by atoms with Gasteiger partial charge in [0.15, 0.2) is 0 Å². The molecule has 4 aromatic rings. The van der Waals surface area contributed by atoms with E-state index < -0.39 is 0 Å². The first kappa shape index (κ1) is 24.2. The van der Waals surface area contributed by atoms with Crippen LogP contribution in [0.2, 0.25) is 0 Å². The number of benzene rings is 2. The standard InChI is InChI=1S/C25H26N8O3/c1-16(18-6-8-19(9-7-18)27-17(2)34)32-33-25-30-23(26-15-22-5-4-14-36-22)29-24(31-25)28-20-10-12-21(35-3)13-11-20/h4-14H,15H2,1-3H3,(H,27,34)(H3,26,28,29,30,31,33)/b32-16-. The normalized spacial score (nSPS) is 11.0. The van der Waals surface area contributed by atoms with Crippen molar-refractivity contribution in [3.05, 3.63) is 78.3 Å². The minimum absolute atomic E-state index is 0.125. The maximum atomic E-state index is 11.2. The summed E-state index contributed by atoms with van der Waals surface area (Å²) in [4.78, 5) is 24.5. The molecule has 0 aliphatic carbocycles. The minimum atomic E-state index is -0.125. The highest BCUT2D eigenvalue weighted by Crippen LogP contribution is 2.20. The summed E-state index contributed by atoms with van der Waals surface area (Å²) >= 11 is 0. The van der Waals surface area contributed by atoms with Crippen molar-refractivity contribution in [3.63, 3.8) is 0 Å². The van der Waals surface area contributed by atoms with E-state index in [1.54, 1.807) is 13.4 Å². The Kier molecular flexibility index (Phi) is 7.71. The van der Waals surface area contributed by atoms with Crippen LogP contribution in [0.25, 0.3) is 0 Å². The molecule has 2 aromatic carbocycles. The third kappa shape index (κ3) is 6.79. The molecule has 4 rings (SSSR count). The van der Waals surface area contributed by atoms with Gasteiger partial charge in [0, 0.05) is 18.3 Å². The molecule has 0 saturated carbocycles. The number of rotatable bonds is 10. The quantitative estimate of drug-likeness (QED) is 0.187. The van der Waals surface area contributed by atoms with Crippen molar-refractivity contribution in [1.82, 2.24) is 15.0 Å². The van der Waals surface area contributed by atoms with Crippen molar-refractivity contribution in [2.24, 2.45) is 5.10 Å². The van der Waals surface area contributed by atoms with Crippen LogP contribution >= 0.6 is 0 Å². The Morgan fingerprint density at radius 2 is 1.61 bits per heavy atom. The number of hydrogen-bond acceptors (Lipinski definition) is 10. The Morgan fingerprint density at radius 3 is 2.28 bits per heavy atom. The van der Waals surface area contributed by atoms with Gasteiger partial charge >= 0.3 is 0 Å². The monoisotopic (exact) mass is 486 g/mol. The Morgan fingerprint density at radius 1 is 0.917 bits per heavy atom. The number of amides is 1. The van der Waals surface area contributed by atoms with E-state index in [4.69, 9.17) is 9.15 Å². The first-order valence-electron chi connectivity index (χ1n) is 11.1. The van der Waals surface area contributed by atoms with Gasteiger partial charge < -0.3 is 25.1 Å². The third-order valence-electron chi connectivity index (χ3n) is 4.93. The molecular weight excluding hydrogens is 460 g/mol. The number of anilines is 5. The first-order chi connectivity index (χ1) is 17.5.